The lowest BCUT2D eigenvalue weighted by Crippen LogP contribution is -2.46. The molecule has 1 fully saturated rings. The van der Waals surface area contributed by atoms with Crippen molar-refractivity contribution in [3.63, 3.8) is 0 Å². The lowest BCUT2D eigenvalue weighted by molar-refractivity contribution is -0.123. The smallest absolute Gasteiger partial charge is 0.257 e. The summed E-state index contributed by atoms with van der Waals surface area (Å²) < 4.78 is 5.63. The average Bonchev–Trinajstić information content (AvgIpc) is 2.74. The monoisotopic (exact) mass is 395 g/mol. The van der Waals surface area contributed by atoms with Gasteiger partial charge >= 0.3 is 0 Å². The molecule has 0 saturated carbocycles. The van der Waals surface area contributed by atoms with E-state index in [1.165, 1.54) is 11.3 Å². The van der Waals surface area contributed by atoms with Crippen molar-refractivity contribution < 1.29 is 9.53 Å². The molecule has 1 heterocycles. The summed E-state index contributed by atoms with van der Waals surface area (Å²) in [6.07, 6.45) is 2.09. The zero-order valence-corrected chi connectivity index (χ0v) is 17.7. The molecule has 2 aromatic carbocycles. The van der Waals surface area contributed by atoms with Crippen molar-refractivity contribution in [3.05, 3.63) is 59.7 Å². The van der Waals surface area contributed by atoms with Crippen LogP contribution in [-0.2, 0) is 4.79 Å². The molecule has 5 heteroatoms. The molecule has 0 spiro atoms. The number of nitrogens with zero attached hydrogens (tertiary/aromatic N) is 2. The second-order valence-corrected chi connectivity index (χ2v) is 7.78. The lowest BCUT2D eigenvalue weighted by Gasteiger charge is -2.36. The summed E-state index contributed by atoms with van der Waals surface area (Å²) in [4.78, 5) is 16.9. The van der Waals surface area contributed by atoms with E-state index in [0.717, 1.165) is 56.9 Å². The van der Waals surface area contributed by atoms with Crippen molar-refractivity contribution in [2.45, 2.75) is 26.7 Å². The van der Waals surface area contributed by atoms with Gasteiger partial charge in [0.25, 0.3) is 5.91 Å². The van der Waals surface area contributed by atoms with Gasteiger partial charge in [0.2, 0.25) is 0 Å². The third kappa shape index (κ3) is 6.79. The van der Waals surface area contributed by atoms with Gasteiger partial charge in [-0.25, -0.2) is 0 Å². The van der Waals surface area contributed by atoms with Crippen molar-refractivity contribution in [3.8, 4) is 5.75 Å². The quantitative estimate of drug-likeness (QED) is 0.661. The van der Waals surface area contributed by atoms with Crippen LogP contribution in [0.15, 0.2) is 48.5 Å². The maximum atomic E-state index is 12.0. The molecule has 0 atom stereocenters. The van der Waals surface area contributed by atoms with Gasteiger partial charge in [-0.1, -0.05) is 35.9 Å². The number of amides is 1. The third-order valence-electron chi connectivity index (χ3n) is 5.41. The lowest BCUT2D eigenvalue weighted by atomic mass is 10.1. The van der Waals surface area contributed by atoms with Crippen LogP contribution in [0.4, 0.5) is 5.69 Å². The molecule has 1 aliphatic rings. The predicted molar refractivity (Wildman–Crippen MR) is 119 cm³/mol. The zero-order valence-electron chi connectivity index (χ0n) is 17.7. The van der Waals surface area contributed by atoms with Gasteiger partial charge < -0.3 is 15.0 Å². The number of para-hydroxylation sites is 1. The fraction of sp³-hybridized carbons (Fsp3) is 0.458. The van der Waals surface area contributed by atoms with Crippen molar-refractivity contribution in [2.24, 2.45) is 0 Å². The Kier molecular flexibility index (Phi) is 7.94. The summed E-state index contributed by atoms with van der Waals surface area (Å²) in [5, 5.41) is 2.96. The van der Waals surface area contributed by atoms with Crippen molar-refractivity contribution in [1.82, 2.24) is 10.2 Å². The molecule has 0 aliphatic carbocycles. The van der Waals surface area contributed by atoms with Crippen LogP contribution in [0.25, 0.3) is 0 Å². The number of piperazine rings is 1. The standard InChI is InChI=1S/C24H33N3O2/c1-20-10-11-23(21(2)18-20)29-19-24(28)25-12-6-7-13-26-14-16-27(17-15-26)22-8-4-3-5-9-22/h3-5,8-11,18H,6-7,12-17,19H2,1-2H3,(H,25,28). The van der Waals surface area contributed by atoms with Crippen LogP contribution in [0, 0.1) is 13.8 Å². The topological polar surface area (TPSA) is 44.8 Å². The van der Waals surface area contributed by atoms with Gasteiger partial charge in [0.15, 0.2) is 6.61 Å². The number of hydrogen-bond acceptors (Lipinski definition) is 4. The summed E-state index contributed by atoms with van der Waals surface area (Å²) in [6, 6.07) is 16.6. The largest absolute Gasteiger partial charge is 0.484 e. The van der Waals surface area contributed by atoms with Gasteiger partial charge in [-0.05, 0) is 57.0 Å². The van der Waals surface area contributed by atoms with Crippen molar-refractivity contribution in [2.75, 3.05) is 50.8 Å². The molecule has 0 unspecified atom stereocenters. The Morgan fingerprint density at radius 1 is 1.00 bits per heavy atom. The highest BCUT2D eigenvalue weighted by molar-refractivity contribution is 5.77. The van der Waals surface area contributed by atoms with Gasteiger partial charge in [0.1, 0.15) is 5.75 Å². The molecule has 29 heavy (non-hydrogen) atoms. The maximum absolute atomic E-state index is 12.0. The average molecular weight is 396 g/mol. The van der Waals surface area contributed by atoms with E-state index >= 15 is 0 Å². The van der Waals surface area contributed by atoms with Crippen molar-refractivity contribution >= 4 is 11.6 Å². The maximum Gasteiger partial charge on any atom is 0.257 e. The Labute approximate surface area is 174 Å². The molecule has 0 radical (unpaired) electrons. The van der Waals surface area contributed by atoms with Crippen LogP contribution in [0.1, 0.15) is 24.0 Å². The van der Waals surface area contributed by atoms with E-state index in [4.69, 9.17) is 4.74 Å². The van der Waals surface area contributed by atoms with E-state index in [2.05, 4.69) is 51.5 Å². The Bertz CT molecular complexity index is 771. The van der Waals surface area contributed by atoms with Crippen LogP contribution in [0.5, 0.6) is 5.75 Å². The van der Waals surface area contributed by atoms with Crippen molar-refractivity contribution in [1.29, 1.82) is 0 Å². The molecule has 1 aliphatic heterocycles. The molecule has 0 bridgehead atoms. The second-order valence-electron chi connectivity index (χ2n) is 7.78. The van der Waals surface area contributed by atoms with E-state index < -0.39 is 0 Å². The zero-order chi connectivity index (χ0) is 20.5. The van der Waals surface area contributed by atoms with Crippen LogP contribution in [-0.4, -0.2) is 56.7 Å². The minimum atomic E-state index is -0.0542. The summed E-state index contributed by atoms with van der Waals surface area (Å²) in [5.74, 6) is 0.724. The number of anilines is 1. The van der Waals surface area contributed by atoms with Gasteiger partial charge in [-0.15, -0.1) is 0 Å². The molecule has 156 valence electrons. The van der Waals surface area contributed by atoms with Crippen LogP contribution >= 0.6 is 0 Å². The summed E-state index contributed by atoms with van der Waals surface area (Å²) in [5.41, 5.74) is 3.57. The normalized spacial score (nSPS) is 14.6. The number of nitrogens with one attached hydrogen (secondary N) is 1. The van der Waals surface area contributed by atoms with E-state index in [-0.39, 0.29) is 12.5 Å². The predicted octanol–water partition coefficient (Wildman–Crippen LogP) is 3.40. The highest BCUT2D eigenvalue weighted by Crippen LogP contribution is 2.18. The number of carbonyl (C=O) groups is 1. The van der Waals surface area contributed by atoms with E-state index in [1.54, 1.807) is 0 Å². The molecule has 1 N–H and O–H groups in total. The Hall–Kier alpha value is -2.53. The molecule has 1 saturated heterocycles. The first-order valence-corrected chi connectivity index (χ1v) is 10.6. The van der Waals surface area contributed by atoms with Gasteiger partial charge in [0, 0.05) is 38.4 Å². The SMILES string of the molecule is Cc1ccc(OCC(=O)NCCCCN2CCN(c3ccccc3)CC2)c(C)c1. The van der Waals surface area contributed by atoms with Crippen LogP contribution in [0.3, 0.4) is 0 Å². The number of ether oxygens (including phenoxy) is 1. The third-order valence-corrected chi connectivity index (χ3v) is 5.41. The fourth-order valence-corrected chi connectivity index (χ4v) is 3.71. The Morgan fingerprint density at radius 2 is 1.76 bits per heavy atom. The Balaban J connectivity index is 1.24. The summed E-state index contributed by atoms with van der Waals surface area (Å²) in [7, 11) is 0. The van der Waals surface area contributed by atoms with Gasteiger partial charge in [-0.2, -0.15) is 0 Å². The van der Waals surface area contributed by atoms with E-state index in [0.29, 0.717) is 6.54 Å². The highest BCUT2D eigenvalue weighted by atomic mass is 16.5. The number of unbranched alkanes of at least 4 members (excludes halogenated alkanes) is 1. The summed E-state index contributed by atoms with van der Waals surface area (Å²) in [6.45, 7) is 10.3. The number of carbonyl (C=O) groups excluding carboxylic acids is 1. The summed E-state index contributed by atoms with van der Waals surface area (Å²) >= 11 is 0. The number of rotatable bonds is 9. The molecular weight excluding hydrogens is 362 g/mol. The molecule has 5 nitrogen and oxygen atoms in total. The molecule has 2 aromatic rings. The molecule has 1 amide bonds. The van der Waals surface area contributed by atoms with Gasteiger partial charge in [0.05, 0.1) is 0 Å². The number of aryl methyl sites for hydroxylation is 2. The van der Waals surface area contributed by atoms with E-state index in [1.807, 2.05) is 26.0 Å². The first-order chi connectivity index (χ1) is 14.1. The Morgan fingerprint density at radius 3 is 2.48 bits per heavy atom. The first kappa shape index (κ1) is 21.2. The minimum Gasteiger partial charge on any atom is -0.484 e. The second kappa shape index (κ2) is 10.9. The van der Waals surface area contributed by atoms with Gasteiger partial charge in [-0.3, -0.25) is 9.69 Å². The number of hydrogen-bond donors (Lipinski definition) is 1. The van der Waals surface area contributed by atoms with E-state index in [9.17, 15) is 4.79 Å². The highest BCUT2D eigenvalue weighted by Gasteiger charge is 2.16. The fourth-order valence-electron chi connectivity index (χ4n) is 3.71. The minimum absolute atomic E-state index is 0.0542. The number of benzene rings is 2. The first-order valence-electron chi connectivity index (χ1n) is 10.6. The molecule has 0 aromatic heterocycles. The van der Waals surface area contributed by atoms with Crippen LogP contribution in [0.2, 0.25) is 0 Å². The van der Waals surface area contributed by atoms with Crippen LogP contribution < -0.4 is 15.0 Å². The molecule has 3 rings (SSSR count). The molecular formula is C24H33N3O2.